The standard InChI is InChI=1S/C20H34N4.HI/c1-5-21-20(22-14-16(2)3)23-19-11-12-24(17(4)13-19)15-18-9-7-6-8-10-18;/h6-10,16-17,19H,5,11-15H2,1-4H3,(H2,21,22,23);1H. The molecule has 1 aliphatic rings. The fourth-order valence-electron chi connectivity index (χ4n) is 3.19. The molecule has 2 N–H and O–H groups in total. The van der Waals surface area contributed by atoms with Gasteiger partial charge in [0.2, 0.25) is 0 Å². The number of benzene rings is 1. The second-order valence-electron chi connectivity index (χ2n) is 7.28. The molecule has 1 saturated heterocycles. The van der Waals surface area contributed by atoms with Crippen LogP contribution in [0.2, 0.25) is 0 Å². The third-order valence-electron chi connectivity index (χ3n) is 4.54. The van der Waals surface area contributed by atoms with Crippen molar-refractivity contribution >= 4 is 29.9 Å². The Morgan fingerprint density at radius 3 is 2.60 bits per heavy atom. The topological polar surface area (TPSA) is 39.7 Å². The maximum atomic E-state index is 4.70. The number of halogens is 1. The van der Waals surface area contributed by atoms with E-state index in [1.807, 2.05) is 0 Å². The van der Waals surface area contributed by atoms with Crippen molar-refractivity contribution in [3.05, 3.63) is 35.9 Å². The van der Waals surface area contributed by atoms with Crippen LogP contribution in [0.15, 0.2) is 35.3 Å². The first-order valence-corrected chi connectivity index (χ1v) is 9.41. The Bertz CT molecular complexity index is 504. The molecule has 0 amide bonds. The van der Waals surface area contributed by atoms with Crippen LogP contribution in [0.5, 0.6) is 0 Å². The number of rotatable bonds is 6. The lowest BCUT2D eigenvalue weighted by Crippen LogP contribution is -2.51. The number of likely N-dealkylation sites (tertiary alicyclic amines) is 1. The molecule has 0 aliphatic carbocycles. The molecule has 1 aromatic rings. The Hall–Kier alpha value is -0.820. The van der Waals surface area contributed by atoms with Gasteiger partial charge in [-0.3, -0.25) is 9.89 Å². The van der Waals surface area contributed by atoms with Gasteiger partial charge in [-0.1, -0.05) is 44.2 Å². The quantitative estimate of drug-likeness (QED) is 0.386. The summed E-state index contributed by atoms with van der Waals surface area (Å²) in [4.78, 5) is 7.29. The second kappa shape index (κ2) is 11.7. The molecule has 2 rings (SSSR count). The summed E-state index contributed by atoms with van der Waals surface area (Å²) in [6.07, 6.45) is 2.34. The van der Waals surface area contributed by atoms with E-state index in [1.165, 1.54) is 18.4 Å². The average molecular weight is 458 g/mol. The lowest BCUT2D eigenvalue weighted by Gasteiger charge is -2.38. The SMILES string of the molecule is CCNC(=NCC(C)C)NC1CCN(Cc2ccccc2)C(C)C1.I. The van der Waals surface area contributed by atoms with E-state index >= 15 is 0 Å². The van der Waals surface area contributed by atoms with E-state index in [0.717, 1.165) is 32.1 Å². The zero-order valence-electron chi connectivity index (χ0n) is 16.2. The van der Waals surface area contributed by atoms with Crippen LogP contribution in [0.1, 0.15) is 46.1 Å². The van der Waals surface area contributed by atoms with Crippen LogP contribution in [-0.4, -0.2) is 42.6 Å². The Morgan fingerprint density at radius 2 is 2.00 bits per heavy atom. The molecule has 0 spiro atoms. The Balaban J connectivity index is 0.00000312. The lowest BCUT2D eigenvalue weighted by atomic mass is 9.97. The summed E-state index contributed by atoms with van der Waals surface area (Å²) in [6.45, 7) is 12.8. The highest BCUT2D eigenvalue weighted by molar-refractivity contribution is 14.0. The average Bonchev–Trinajstić information content (AvgIpc) is 2.56. The Labute approximate surface area is 170 Å². The monoisotopic (exact) mass is 458 g/mol. The molecule has 5 heteroatoms. The van der Waals surface area contributed by atoms with Gasteiger partial charge in [0, 0.05) is 38.3 Å². The van der Waals surface area contributed by atoms with E-state index in [9.17, 15) is 0 Å². The predicted molar refractivity (Wildman–Crippen MR) is 119 cm³/mol. The van der Waals surface area contributed by atoms with Crippen molar-refractivity contribution in [1.82, 2.24) is 15.5 Å². The molecule has 1 fully saturated rings. The molecule has 1 heterocycles. The van der Waals surface area contributed by atoms with Crippen LogP contribution in [-0.2, 0) is 6.54 Å². The molecule has 142 valence electrons. The maximum absolute atomic E-state index is 4.70. The summed E-state index contributed by atoms with van der Waals surface area (Å²) in [5, 5.41) is 7.02. The molecule has 0 bridgehead atoms. The molecule has 0 radical (unpaired) electrons. The Kier molecular flexibility index (Phi) is 10.4. The molecular formula is C20H35IN4. The minimum atomic E-state index is 0. The first kappa shape index (κ1) is 22.2. The summed E-state index contributed by atoms with van der Waals surface area (Å²) in [7, 11) is 0. The maximum Gasteiger partial charge on any atom is 0.191 e. The number of aliphatic imine (C=N–C) groups is 1. The first-order valence-electron chi connectivity index (χ1n) is 9.41. The van der Waals surface area contributed by atoms with Crippen LogP contribution in [0.4, 0.5) is 0 Å². The Morgan fingerprint density at radius 1 is 1.28 bits per heavy atom. The van der Waals surface area contributed by atoms with Crippen LogP contribution >= 0.6 is 24.0 Å². The number of nitrogens with one attached hydrogen (secondary N) is 2. The van der Waals surface area contributed by atoms with Crippen LogP contribution in [0.25, 0.3) is 0 Å². The number of hydrogen-bond donors (Lipinski definition) is 2. The number of nitrogens with zero attached hydrogens (tertiary/aromatic N) is 2. The van der Waals surface area contributed by atoms with E-state index in [0.29, 0.717) is 18.0 Å². The largest absolute Gasteiger partial charge is 0.357 e. The van der Waals surface area contributed by atoms with Gasteiger partial charge in [0.1, 0.15) is 0 Å². The van der Waals surface area contributed by atoms with Gasteiger partial charge in [-0.2, -0.15) is 0 Å². The van der Waals surface area contributed by atoms with Crippen LogP contribution in [0, 0.1) is 5.92 Å². The minimum Gasteiger partial charge on any atom is -0.357 e. The summed E-state index contributed by atoms with van der Waals surface area (Å²) < 4.78 is 0. The fraction of sp³-hybridized carbons (Fsp3) is 0.650. The molecule has 1 aromatic carbocycles. The molecule has 0 saturated carbocycles. The number of guanidine groups is 1. The second-order valence-corrected chi connectivity index (χ2v) is 7.28. The molecule has 0 aromatic heterocycles. The van der Waals surface area contributed by atoms with Gasteiger partial charge in [-0.25, -0.2) is 0 Å². The fourth-order valence-corrected chi connectivity index (χ4v) is 3.19. The van der Waals surface area contributed by atoms with Gasteiger partial charge in [0.25, 0.3) is 0 Å². The summed E-state index contributed by atoms with van der Waals surface area (Å²) >= 11 is 0. The molecule has 2 unspecified atom stereocenters. The van der Waals surface area contributed by atoms with Crippen molar-refractivity contribution in [2.24, 2.45) is 10.9 Å². The summed E-state index contributed by atoms with van der Waals surface area (Å²) in [5.41, 5.74) is 1.41. The van der Waals surface area contributed by atoms with Gasteiger partial charge in [0.05, 0.1) is 0 Å². The minimum absolute atomic E-state index is 0. The van der Waals surface area contributed by atoms with Crippen molar-refractivity contribution in [2.75, 3.05) is 19.6 Å². The van der Waals surface area contributed by atoms with Crippen molar-refractivity contribution in [1.29, 1.82) is 0 Å². The molecule has 1 aliphatic heterocycles. The molecular weight excluding hydrogens is 423 g/mol. The highest BCUT2D eigenvalue weighted by atomic mass is 127. The predicted octanol–water partition coefficient (Wildman–Crippen LogP) is 3.87. The van der Waals surface area contributed by atoms with E-state index in [2.05, 4.69) is 73.6 Å². The van der Waals surface area contributed by atoms with Gasteiger partial charge in [-0.05, 0) is 38.2 Å². The van der Waals surface area contributed by atoms with Gasteiger partial charge in [-0.15, -0.1) is 24.0 Å². The van der Waals surface area contributed by atoms with E-state index in [-0.39, 0.29) is 24.0 Å². The first-order chi connectivity index (χ1) is 11.6. The van der Waals surface area contributed by atoms with Crippen molar-refractivity contribution < 1.29 is 0 Å². The summed E-state index contributed by atoms with van der Waals surface area (Å²) in [6, 6.07) is 11.9. The number of piperidine rings is 1. The van der Waals surface area contributed by atoms with Gasteiger partial charge >= 0.3 is 0 Å². The highest BCUT2D eigenvalue weighted by Gasteiger charge is 2.25. The highest BCUT2D eigenvalue weighted by Crippen LogP contribution is 2.19. The summed E-state index contributed by atoms with van der Waals surface area (Å²) in [5.74, 6) is 1.56. The molecule has 25 heavy (non-hydrogen) atoms. The smallest absolute Gasteiger partial charge is 0.191 e. The van der Waals surface area contributed by atoms with E-state index in [4.69, 9.17) is 4.99 Å². The van der Waals surface area contributed by atoms with Crippen LogP contribution < -0.4 is 10.6 Å². The third kappa shape index (κ3) is 7.94. The zero-order chi connectivity index (χ0) is 17.4. The van der Waals surface area contributed by atoms with Crippen LogP contribution in [0.3, 0.4) is 0 Å². The molecule has 4 nitrogen and oxygen atoms in total. The lowest BCUT2D eigenvalue weighted by molar-refractivity contribution is 0.134. The van der Waals surface area contributed by atoms with Crippen molar-refractivity contribution in [2.45, 2.75) is 59.2 Å². The third-order valence-corrected chi connectivity index (χ3v) is 4.54. The van der Waals surface area contributed by atoms with Gasteiger partial charge < -0.3 is 10.6 Å². The normalized spacial score (nSPS) is 21.7. The molecule has 2 atom stereocenters. The van der Waals surface area contributed by atoms with Crippen molar-refractivity contribution in [3.63, 3.8) is 0 Å². The number of hydrogen-bond acceptors (Lipinski definition) is 2. The van der Waals surface area contributed by atoms with E-state index < -0.39 is 0 Å². The van der Waals surface area contributed by atoms with Gasteiger partial charge in [0.15, 0.2) is 5.96 Å². The van der Waals surface area contributed by atoms with E-state index in [1.54, 1.807) is 0 Å². The van der Waals surface area contributed by atoms with Crippen molar-refractivity contribution in [3.8, 4) is 0 Å². The zero-order valence-corrected chi connectivity index (χ0v) is 18.5.